The monoisotopic (exact) mass is 320 g/mol. The van der Waals surface area contributed by atoms with Gasteiger partial charge in [-0.1, -0.05) is 0 Å². The number of carbonyl (C=O) groups excluding carboxylic acids is 3. The van der Waals surface area contributed by atoms with E-state index in [1.165, 1.54) is 6.92 Å². The van der Waals surface area contributed by atoms with E-state index >= 15 is 0 Å². The number of carbonyl (C=O) groups is 4. The Morgan fingerprint density at radius 1 is 1.19 bits per heavy atom. The van der Waals surface area contributed by atoms with E-state index in [0.717, 1.165) is 0 Å². The summed E-state index contributed by atoms with van der Waals surface area (Å²) in [6, 6.07) is -3.10. The Kier molecular flexibility index (Phi) is 8.39. The summed E-state index contributed by atoms with van der Waals surface area (Å²) in [7, 11) is 0. The Morgan fingerprint density at radius 3 is 2.19 bits per heavy atom. The first kappa shape index (κ1) is 19.2. The van der Waals surface area contributed by atoms with E-state index in [0.29, 0.717) is 0 Å². The van der Waals surface area contributed by atoms with E-state index in [4.69, 9.17) is 16.6 Å². The molecule has 0 aliphatic rings. The molecule has 0 fully saturated rings. The zero-order chi connectivity index (χ0) is 16.6. The molecule has 3 atom stereocenters. The minimum absolute atomic E-state index is 0.108. The van der Waals surface area contributed by atoms with Crippen LogP contribution in [0.2, 0.25) is 0 Å². The van der Waals surface area contributed by atoms with Crippen LogP contribution in [-0.4, -0.2) is 52.7 Å². The van der Waals surface area contributed by atoms with Crippen molar-refractivity contribution in [2.24, 2.45) is 11.5 Å². The summed E-state index contributed by atoms with van der Waals surface area (Å²) in [5.74, 6) is -3.13. The van der Waals surface area contributed by atoms with Crippen molar-refractivity contribution in [2.45, 2.75) is 37.9 Å². The van der Waals surface area contributed by atoms with Gasteiger partial charge in [0.1, 0.15) is 12.1 Å². The van der Waals surface area contributed by atoms with E-state index in [9.17, 15) is 19.2 Å². The maximum Gasteiger partial charge on any atom is 0.326 e. The zero-order valence-corrected chi connectivity index (χ0v) is 12.4. The van der Waals surface area contributed by atoms with Gasteiger partial charge in [-0.15, -0.1) is 0 Å². The summed E-state index contributed by atoms with van der Waals surface area (Å²) >= 11 is 3.85. The van der Waals surface area contributed by atoms with Crippen LogP contribution in [0.1, 0.15) is 19.8 Å². The average molecular weight is 320 g/mol. The highest BCUT2D eigenvalue weighted by Crippen LogP contribution is 1.98. The van der Waals surface area contributed by atoms with E-state index < -0.39 is 41.8 Å². The Bertz CT molecular complexity index is 417. The van der Waals surface area contributed by atoms with Crippen molar-refractivity contribution < 1.29 is 24.3 Å². The summed E-state index contributed by atoms with van der Waals surface area (Å²) in [5.41, 5.74) is 10.4. The smallest absolute Gasteiger partial charge is 0.326 e. The fourth-order valence-electron chi connectivity index (χ4n) is 1.31. The van der Waals surface area contributed by atoms with Crippen LogP contribution < -0.4 is 22.1 Å². The molecule has 120 valence electrons. The van der Waals surface area contributed by atoms with Gasteiger partial charge in [0.25, 0.3) is 0 Å². The molecule has 3 amide bonds. The Hall–Kier alpha value is -1.81. The SMILES string of the molecule is C[C@@H](NC(=O)[C@@H](N)CS)C(=O)N[C@@H](CCC(N)=O)C(=O)O. The van der Waals surface area contributed by atoms with Gasteiger partial charge in [-0.05, 0) is 13.3 Å². The van der Waals surface area contributed by atoms with Gasteiger partial charge >= 0.3 is 5.97 Å². The molecule has 0 unspecified atom stereocenters. The Labute approximate surface area is 127 Å². The second-order valence-corrected chi connectivity index (χ2v) is 4.79. The van der Waals surface area contributed by atoms with Crippen LogP contribution in [0, 0.1) is 0 Å². The number of amides is 3. The van der Waals surface area contributed by atoms with E-state index in [-0.39, 0.29) is 18.6 Å². The second-order valence-electron chi connectivity index (χ2n) is 4.42. The minimum atomic E-state index is -1.30. The van der Waals surface area contributed by atoms with Crippen LogP contribution in [0.5, 0.6) is 0 Å². The number of aliphatic carboxylic acids is 1. The predicted molar refractivity (Wildman–Crippen MR) is 77.4 cm³/mol. The highest BCUT2D eigenvalue weighted by Gasteiger charge is 2.25. The Balaban J connectivity index is 4.50. The first-order valence-corrected chi connectivity index (χ1v) is 6.80. The summed E-state index contributed by atoms with van der Waals surface area (Å²) in [6.45, 7) is 1.38. The van der Waals surface area contributed by atoms with Crippen molar-refractivity contribution in [1.29, 1.82) is 0 Å². The molecule has 0 spiro atoms. The number of nitrogens with two attached hydrogens (primary N) is 2. The van der Waals surface area contributed by atoms with E-state index in [2.05, 4.69) is 23.3 Å². The molecule has 0 aliphatic heterocycles. The number of primary amides is 1. The van der Waals surface area contributed by atoms with Crippen LogP contribution in [-0.2, 0) is 19.2 Å². The lowest BCUT2D eigenvalue weighted by molar-refractivity contribution is -0.142. The third kappa shape index (κ3) is 7.51. The van der Waals surface area contributed by atoms with E-state index in [1.807, 2.05) is 0 Å². The molecule has 0 saturated heterocycles. The molecule has 0 aliphatic carbocycles. The summed E-state index contributed by atoms with van der Waals surface area (Å²) in [4.78, 5) is 44.9. The topological polar surface area (TPSA) is 165 Å². The first-order valence-electron chi connectivity index (χ1n) is 6.17. The fraction of sp³-hybridized carbons (Fsp3) is 0.636. The van der Waals surface area contributed by atoms with Gasteiger partial charge in [-0.3, -0.25) is 14.4 Å². The number of thiol groups is 1. The van der Waals surface area contributed by atoms with Crippen molar-refractivity contribution in [3.05, 3.63) is 0 Å². The minimum Gasteiger partial charge on any atom is -0.480 e. The zero-order valence-electron chi connectivity index (χ0n) is 11.5. The molecule has 21 heavy (non-hydrogen) atoms. The van der Waals surface area contributed by atoms with Crippen LogP contribution in [0.15, 0.2) is 0 Å². The number of rotatable bonds is 9. The van der Waals surface area contributed by atoms with Crippen LogP contribution in [0.3, 0.4) is 0 Å². The predicted octanol–water partition coefficient (Wildman–Crippen LogP) is -2.42. The standard InChI is InChI=1S/C11H20N4O5S/c1-5(14-10(18)6(12)4-21)9(17)15-7(11(19)20)2-3-8(13)16/h5-7,21H,2-4,12H2,1H3,(H2,13,16)(H,14,18)(H,15,17)(H,19,20)/t5-,6+,7+/m1/s1. The lowest BCUT2D eigenvalue weighted by Crippen LogP contribution is -2.53. The van der Waals surface area contributed by atoms with E-state index in [1.54, 1.807) is 0 Å². The molecule has 10 heteroatoms. The molecule has 0 rings (SSSR count). The largest absolute Gasteiger partial charge is 0.480 e. The van der Waals surface area contributed by atoms with Gasteiger partial charge in [0.2, 0.25) is 17.7 Å². The van der Waals surface area contributed by atoms with Gasteiger partial charge < -0.3 is 27.2 Å². The maximum absolute atomic E-state index is 11.8. The van der Waals surface area contributed by atoms with Gasteiger partial charge in [0.15, 0.2) is 0 Å². The first-order chi connectivity index (χ1) is 9.68. The van der Waals surface area contributed by atoms with Crippen LogP contribution in [0.4, 0.5) is 0 Å². The number of carboxylic acids is 1. The van der Waals surface area contributed by atoms with Gasteiger partial charge in [-0.2, -0.15) is 12.6 Å². The lowest BCUT2D eigenvalue weighted by atomic mass is 10.1. The third-order valence-corrected chi connectivity index (χ3v) is 2.97. The third-order valence-electron chi connectivity index (χ3n) is 2.58. The molecule has 0 aromatic rings. The molecule has 0 heterocycles. The highest BCUT2D eigenvalue weighted by atomic mass is 32.1. The number of carboxylic acid groups (broad SMARTS) is 1. The molecule has 0 bridgehead atoms. The summed E-state index contributed by atoms with van der Waals surface area (Å²) < 4.78 is 0. The molecule has 9 nitrogen and oxygen atoms in total. The van der Waals surface area contributed by atoms with Crippen molar-refractivity contribution >= 4 is 36.3 Å². The van der Waals surface area contributed by atoms with Crippen LogP contribution in [0.25, 0.3) is 0 Å². The number of nitrogens with one attached hydrogen (secondary N) is 2. The maximum atomic E-state index is 11.8. The molecule has 0 aromatic carbocycles. The Morgan fingerprint density at radius 2 is 1.76 bits per heavy atom. The summed E-state index contributed by atoms with van der Waals surface area (Å²) in [5, 5.41) is 13.5. The molecule has 0 saturated carbocycles. The van der Waals surface area contributed by atoms with Gasteiger partial charge in [0, 0.05) is 12.2 Å². The molecular formula is C11H20N4O5S. The van der Waals surface area contributed by atoms with Crippen molar-refractivity contribution in [3.8, 4) is 0 Å². The highest BCUT2D eigenvalue weighted by molar-refractivity contribution is 7.80. The number of hydrogen-bond acceptors (Lipinski definition) is 6. The van der Waals surface area contributed by atoms with Gasteiger partial charge in [0.05, 0.1) is 6.04 Å². The molecule has 0 radical (unpaired) electrons. The molecule has 7 N–H and O–H groups in total. The average Bonchev–Trinajstić information content (AvgIpc) is 2.41. The normalized spacial score (nSPS) is 14.6. The lowest BCUT2D eigenvalue weighted by Gasteiger charge is -2.19. The fourth-order valence-corrected chi connectivity index (χ4v) is 1.48. The molecular weight excluding hydrogens is 300 g/mol. The second kappa shape index (κ2) is 9.19. The number of hydrogen-bond donors (Lipinski definition) is 6. The summed E-state index contributed by atoms with van der Waals surface area (Å²) in [6.07, 6.45) is -0.310. The molecule has 0 aromatic heterocycles. The van der Waals surface area contributed by atoms with Crippen molar-refractivity contribution in [1.82, 2.24) is 10.6 Å². The van der Waals surface area contributed by atoms with Crippen molar-refractivity contribution in [2.75, 3.05) is 5.75 Å². The van der Waals surface area contributed by atoms with Crippen molar-refractivity contribution in [3.63, 3.8) is 0 Å². The van der Waals surface area contributed by atoms with Crippen LogP contribution >= 0.6 is 12.6 Å². The van der Waals surface area contributed by atoms with Gasteiger partial charge in [-0.25, -0.2) is 4.79 Å². The quantitative estimate of drug-likeness (QED) is 0.259.